The Balaban J connectivity index is 1.91. The first-order valence-corrected chi connectivity index (χ1v) is 6.38. The third-order valence-electron chi connectivity index (χ3n) is 3.42. The molecule has 1 heterocycles. The van der Waals surface area contributed by atoms with Gasteiger partial charge in [-0.2, -0.15) is 0 Å². The molecule has 0 bridgehead atoms. The third-order valence-corrected chi connectivity index (χ3v) is 3.42. The molecule has 1 atom stereocenters. The maximum atomic E-state index is 5.60. The van der Waals surface area contributed by atoms with E-state index >= 15 is 0 Å². The second-order valence-electron chi connectivity index (χ2n) is 4.76. The molecule has 2 N–H and O–H groups in total. The fourth-order valence-electron chi connectivity index (χ4n) is 2.26. The maximum absolute atomic E-state index is 5.60. The predicted molar refractivity (Wildman–Crippen MR) is 70.0 cm³/mol. The number of morpholine rings is 1. The van der Waals surface area contributed by atoms with Gasteiger partial charge in [0.05, 0.1) is 13.2 Å². The average molecular weight is 234 g/mol. The van der Waals surface area contributed by atoms with Gasteiger partial charge in [0.1, 0.15) is 0 Å². The van der Waals surface area contributed by atoms with E-state index < -0.39 is 0 Å². The van der Waals surface area contributed by atoms with Crippen LogP contribution in [0.15, 0.2) is 24.3 Å². The molecule has 94 valence electrons. The molecule has 0 amide bonds. The Kier molecular flexibility index (Phi) is 4.54. The van der Waals surface area contributed by atoms with Crippen molar-refractivity contribution in [2.24, 2.45) is 5.73 Å². The largest absolute Gasteiger partial charge is 0.379 e. The number of nitrogens with zero attached hydrogens (tertiary/aromatic N) is 1. The highest BCUT2D eigenvalue weighted by atomic mass is 16.5. The lowest BCUT2D eigenvalue weighted by molar-refractivity contribution is 0.0357. The Bertz CT molecular complexity index is 331. The van der Waals surface area contributed by atoms with Crippen molar-refractivity contribution in [1.82, 2.24) is 4.90 Å². The molecule has 1 aliphatic heterocycles. The van der Waals surface area contributed by atoms with Gasteiger partial charge in [0, 0.05) is 26.2 Å². The second kappa shape index (κ2) is 6.15. The lowest BCUT2D eigenvalue weighted by Crippen LogP contribution is -2.38. The first-order valence-electron chi connectivity index (χ1n) is 6.38. The van der Waals surface area contributed by atoms with E-state index in [1.54, 1.807) is 0 Å². The van der Waals surface area contributed by atoms with Crippen molar-refractivity contribution in [1.29, 1.82) is 0 Å². The van der Waals surface area contributed by atoms with Crippen molar-refractivity contribution in [3.63, 3.8) is 0 Å². The molecule has 1 saturated heterocycles. The average Bonchev–Trinajstić information content (AvgIpc) is 2.40. The molecule has 0 aromatic heterocycles. The van der Waals surface area contributed by atoms with E-state index in [0.29, 0.717) is 12.5 Å². The van der Waals surface area contributed by atoms with Crippen LogP contribution in [0.3, 0.4) is 0 Å². The minimum Gasteiger partial charge on any atom is -0.379 e. The van der Waals surface area contributed by atoms with E-state index in [1.807, 2.05) is 0 Å². The van der Waals surface area contributed by atoms with Crippen LogP contribution in [0.4, 0.5) is 0 Å². The molecule has 0 aliphatic carbocycles. The lowest BCUT2D eigenvalue weighted by atomic mass is 9.99. The Morgan fingerprint density at radius 2 is 1.88 bits per heavy atom. The zero-order valence-corrected chi connectivity index (χ0v) is 10.6. The van der Waals surface area contributed by atoms with Gasteiger partial charge in [-0.15, -0.1) is 0 Å². The summed E-state index contributed by atoms with van der Waals surface area (Å²) in [5, 5.41) is 0. The highest BCUT2D eigenvalue weighted by Crippen LogP contribution is 2.17. The molecule has 0 spiro atoms. The summed E-state index contributed by atoms with van der Waals surface area (Å²) >= 11 is 0. The summed E-state index contributed by atoms with van der Waals surface area (Å²) in [5.41, 5.74) is 8.20. The first-order chi connectivity index (χ1) is 8.29. The predicted octanol–water partition coefficient (Wildman–Crippen LogP) is 1.58. The number of hydrogen-bond donors (Lipinski definition) is 1. The van der Waals surface area contributed by atoms with Gasteiger partial charge in [0.2, 0.25) is 0 Å². The molecule has 2 rings (SSSR count). The summed E-state index contributed by atoms with van der Waals surface area (Å²) < 4.78 is 5.36. The zero-order valence-electron chi connectivity index (χ0n) is 10.6. The standard InChI is InChI=1S/C14H22N2O/c1-12(11-16-6-8-17-9-7-16)14-4-2-13(10-15)3-5-14/h2-5,12H,6-11,15H2,1H3. The zero-order chi connectivity index (χ0) is 12.1. The molecular formula is C14H22N2O. The summed E-state index contributed by atoms with van der Waals surface area (Å²) in [7, 11) is 0. The van der Waals surface area contributed by atoms with Crippen LogP contribution in [0, 0.1) is 0 Å². The van der Waals surface area contributed by atoms with Gasteiger partial charge in [-0.1, -0.05) is 31.2 Å². The fourth-order valence-corrected chi connectivity index (χ4v) is 2.26. The molecule has 1 unspecified atom stereocenters. The van der Waals surface area contributed by atoms with Crippen LogP contribution >= 0.6 is 0 Å². The molecule has 1 aromatic rings. The topological polar surface area (TPSA) is 38.5 Å². The van der Waals surface area contributed by atoms with Gasteiger partial charge >= 0.3 is 0 Å². The van der Waals surface area contributed by atoms with Crippen molar-refractivity contribution < 1.29 is 4.74 Å². The summed E-state index contributed by atoms with van der Waals surface area (Å²) in [5.74, 6) is 0.569. The minimum absolute atomic E-state index is 0.569. The summed E-state index contributed by atoms with van der Waals surface area (Å²) in [6.07, 6.45) is 0. The smallest absolute Gasteiger partial charge is 0.0594 e. The number of rotatable bonds is 4. The van der Waals surface area contributed by atoms with Gasteiger partial charge < -0.3 is 10.5 Å². The van der Waals surface area contributed by atoms with Gasteiger partial charge in [0.25, 0.3) is 0 Å². The van der Waals surface area contributed by atoms with Crippen molar-refractivity contribution in [3.8, 4) is 0 Å². The molecule has 3 heteroatoms. The second-order valence-corrected chi connectivity index (χ2v) is 4.76. The molecule has 1 aliphatic rings. The molecule has 1 fully saturated rings. The lowest BCUT2D eigenvalue weighted by Gasteiger charge is -2.29. The van der Waals surface area contributed by atoms with Crippen LogP contribution in [0.2, 0.25) is 0 Å². The number of ether oxygens (including phenoxy) is 1. The molecule has 0 radical (unpaired) electrons. The highest BCUT2D eigenvalue weighted by molar-refractivity contribution is 5.25. The van der Waals surface area contributed by atoms with Crippen molar-refractivity contribution in [2.75, 3.05) is 32.8 Å². The van der Waals surface area contributed by atoms with Crippen LogP contribution in [0.1, 0.15) is 24.0 Å². The summed E-state index contributed by atoms with van der Waals surface area (Å²) in [4.78, 5) is 2.48. The summed E-state index contributed by atoms with van der Waals surface area (Å²) in [6.45, 7) is 7.89. The van der Waals surface area contributed by atoms with Gasteiger partial charge in [0.15, 0.2) is 0 Å². The van der Waals surface area contributed by atoms with E-state index in [1.165, 1.54) is 11.1 Å². The SMILES string of the molecule is CC(CN1CCOCC1)c1ccc(CN)cc1. The van der Waals surface area contributed by atoms with Crippen LogP contribution < -0.4 is 5.73 Å². The Hall–Kier alpha value is -0.900. The normalized spacial score (nSPS) is 19.2. The molecule has 0 saturated carbocycles. The Morgan fingerprint density at radius 1 is 1.24 bits per heavy atom. The van der Waals surface area contributed by atoms with Gasteiger partial charge in [-0.25, -0.2) is 0 Å². The Morgan fingerprint density at radius 3 is 2.47 bits per heavy atom. The monoisotopic (exact) mass is 234 g/mol. The minimum atomic E-state index is 0.569. The summed E-state index contributed by atoms with van der Waals surface area (Å²) in [6, 6.07) is 8.66. The highest BCUT2D eigenvalue weighted by Gasteiger charge is 2.14. The van der Waals surface area contributed by atoms with E-state index in [-0.39, 0.29) is 0 Å². The van der Waals surface area contributed by atoms with E-state index in [9.17, 15) is 0 Å². The quantitative estimate of drug-likeness (QED) is 0.859. The number of hydrogen-bond acceptors (Lipinski definition) is 3. The molecular weight excluding hydrogens is 212 g/mol. The van der Waals surface area contributed by atoms with Crippen molar-refractivity contribution in [2.45, 2.75) is 19.4 Å². The first kappa shape index (κ1) is 12.6. The Labute approximate surface area is 104 Å². The van der Waals surface area contributed by atoms with Crippen molar-refractivity contribution in [3.05, 3.63) is 35.4 Å². The van der Waals surface area contributed by atoms with Gasteiger partial charge in [-0.3, -0.25) is 4.90 Å². The van der Waals surface area contributed by atoms with E-state index in [2.05, 4.69) is 36.1 Å². The fraction of sp³-hybridized carbons (Fsp3) is 0.571. The van der Waals surface area contributed by atoms with Crippen LogP contribution in [-0.4, -0.2) is 37.7 Å². The van der Waals surface area contributed by atoms with E-state index in [4.69, 9.17) is 10.5 Å². The number of nitrogens with two attached hydrogens (primary N) is 1. The van der Waals surface area contributed by atoms with Gasteiger partial charge in [-0.05, 0) is 17.0 Å². The molecule has 17 heavy (non-hydrogen) atoms. The van der Waals surface area contributed by atoms with Crippen LogP contribution in [0.5, 0.6) is 0 Å². The molecule has 1 aromatic carbocycles. The van der Waals surface area contributed by atoms with Crippen LogP contribution in [0.25, 0.3) is 0 Å². The molecule has 3 nitrogen and oxygen atoms in total. The van der Waals surface area contributed by atoms with Crippen LogP contribution in [-0.2, 0) is 11.3 Å². The maximum Gasteiger partial charge on any atom is 0.0594 e. The number of benzene rings is 1. The third kappa shape index (κ3) is 3.53. The van der Waals surface area contributed by atoms with E-state index in [0.717, 1.165) is 32.8 Å². The van der Waals surface area contributed by atoms with Crippen molar-refractivity contribution >= 4 is 0 Å².